The van der Waals surface area contributed by atoms with Crippen LogP contribution in [0.2, 0.25) is 0 Å². The Labute approximate surface area is 102 Å². The number of fused-ring (bicyclic) bond motifs is 1. The first-order chi connectivity index (χ1) is 8.79. The van der Waals surface area contributed by atoms with E-state index in [0.29, 0.717) is 22.4 Å². The minimum Gasteiger partial charge on any atom is -0.280 e. The minimum atomic E-state index is -0.344. The Morgan fingerprint density at radius 3 is 2.83 bits per heavy atom. The zero-order chi connectivity index (χ0) is 12.5. The molecule has 5 heteroatoms. The van der Waals surface area contributed by atoms with E-state index in [9.17, 15) is 4.39 Å². The molecule has 0 aliphatic heterocycles. The predicted octanol–water partition coefficient (Wildman–Crippen LogP) is 2.43. The maximum atomic E-state index is 13.7. The van der Waals surface area contributed by atoms with Crippen LogP contribution in [0.3, 0.4) is 0 Å². The number of hydrogen-bond donors (Lipinski definition) is 0. The molecule has 86 valence electrons. The van der Waals surface area contributed by atoms with Gasteiger partial charge in [-0.2, -0.15) is 5.26 Å². The van der Waals surface area contributed by atoms with Crippen LogP contribution in [0.1, 0.15) is 5.56 Å². The zero-order valence-electron chi connectivity index (χ0n) is 9.21. The van der Waals surface area contributed by atoms with Gasteiger partial charge in [-0.1, -0.05) is 12.1 Å². The fourth-order valence-electron chi connectivity index (χ4n) is 1.79. The van der Waals surface area contributed by atoms with E-state index in [1.807, 2.05) is 6.07 Å². The van der Waals surface area contributed by atoms with Gasteiger partial charge in [0.05, 0.1) is 11.3 Å². The Balaban J connectivity index is 2.26. The Morgan fingerprint density at radius 1 is 1.22 bits per heavy atom. The highest BCUT2D eigenvalue weighted by Gasteiger charge is 2.09. The standard InChI is InChI=1S/C13H7FN4/c14-10-3-1-2-4-12(10)18-8-17-11-5-9(6-15)7-16-13(11)18/h1-5,7-8H. The van der Waals surface area contributed by atoms with Gasteiger partial charge in [0, 0.05) is 6.20 Å². The average molecular weight is 238 g/mol. The molecule has 1 aromatic carbocycles. The third kappa shape index (κ3) is 1.52. The van der Waals surface area contributed by atoms with E-state index >= 15 is 0 Å². The Morgan fingerprint density at radius 2 is 2.06 bits per heavy atom. The number of halogens is 1. The number of hydrogen-bond acceptors (Lipinski definition) is 3. The number of rotatable bonds is 1. The van der Waals surface area contributed by atoms with Gasteiger partial charge in [0.1, 0.15) is 23.7 Å². The molecule has 0 aliphatic rings. The Kier molecular flexibility index (Phi) is 2.27. The summed E-state index contributed by atoms with van der Waals surface area (Å²) in [5, 5.41) is 8.78. The third-order valence-electron chi connectivity index (χ3n) is 2.63. The fraction of sp³-hybridized carbons (Fsp3) is 0. The fourth-order valence-corrected chi connectivity index (χ4v) is 1.79. The van der Waals surface area contributed by atoms with Crippen LogP contribution in [0, 0.1) is 17.1 Å². The summed E-state index contributed by atoms with van der Waals surface area (Å²) in [5.74, 6) is -0.344. The Bertz CT molecular complexity index is 770. The number of para-hydroxylation sites is 1. The van der Waals surface area contributed by atoms with Crippen molar-refractivity contribution in [3.8, 4) is 11.8 Å². The van der Waals surface area contributed by atoms with E-state index in [1.54, 1.807) is 28.8 Å². The first kappa shape index (κ1) is 10.4. The molecule has 0 amide bonds. The number of imidazole rings is 1. The van der Waals surface area contributed by atoms with Gasteiger partial charge in [-0.05, 0) is 18.2 Å². The number of nitrogens with zero attached hydrogens (tertiary/aromatic N) is 4. The molecule has 2 heterocycles. The molecule has 0 atom stereocenters. The molecule has 0 N–H and O–H groups in total. The van der Waals surface area contributed by atoms with Gasteiger partial charge in [0.15, 0.2) is 5.65 Å². The minimum absolute atomic E-state index is 0.344. The van der Waals surface area contributed by atoms with Gasteiger partial charge in [0.25, 0.3) is 0 Å². The molecule has 0 saturated heterocycles. The van der Waals surface area contributed by atoms with E-state index in [-0.39, 0.29) is 5.82 Å². The van der Waals surface area contributed by atoms with Crippen LogP contribution in [0.5, 0.6) is 0 Å². The SMILES string of the molecule is N#Cc1cnc2c(c1)ncn2-c1ccccc1F. The molecule has 4 nitrogen and oxygen atoms in total. The summed E-state index contributed by atoms with van der Waals surface area (Å²) in [4.78, 5) is 8.27. The second-order valence-electron chi connectivity index (χ2n) is 3.74. The van der Waals surface area contributed by atoms with E-state index in [0.717, 1.165) is 0 Å². The highest BCUT2D eigenvalue weighted by molar-refractivity contribution is 5.74. The van der Waals surface area contributed by atoms with Gasteiger partial charge in [-0.15, -0.1) is 0 Å². The van der Waals surface area contributed by atoms with E-state index in [4.69, 9.17) is 5.26 Å². The van der Waals surface area contributed by atoms with Crippen LogP contribution < -0.4 is 0 Å². The van der Waals surface area contributed by atoms with Crippen molar-refractivity contribution in [3.05, 3.63) is 54.2 Å². The first-order valence-electron chi connectivity index (χ1n) is 5.27. The van der Waals surface area contributed by atoms with Crippen molar-refractivity contribution in [2.45, 2.75) is 0 Å². The van der Waals surface area contributed by atoms with Crippen molar-refractivity contribution >= 4 is 11.2 Å². The van der Waals surface area contributed by atoms with Crippen LogP contribution in [0.4, 0.5) is 4.39 Å². The van der Waals surface area contributed by atoms with Crippen LogP contribution in [-0.2, 0) is 0 Å². The first-order valence-corrected chi connectivity index (χ1v) is 5.27. The van der Waals surface area contributed by atoms with Gasteiger partial charge in [0.2, 0.25) is 0 Å². The summed E-state index contributed by atoms with van der Waals surface area (Å²) >= 11 is 0. The summed E-state index contributed by atoms with van der Waals surface area (Å²) in [6, 6.07) is 10.0. The summed E-state index contributed by atoms with van der Waals surface area (Å²) in [6.07, 6.45) is 2.94. The van der Waals surface area contributed by atoms with Crippen molar-refractivity contribution in [2.24, 2.45) is 0 Å². The molecule has 0 radical (unpaired) electrons. The summed E-state index contributed by atoms with van der Waals surface area (Å²) in [5.41, 5.74) is 1.91. The van der Waals surface area contributed by atoms with Crippen LogP contribution in [0.15, 0.2) is 42.9 Å². The number of aromatic nitrogens is 3. The summed E-state index contributed by atoms with van der Waals surface area (Å²) in [7, 11) is 0. The van der Waals surface area contributed by atoms with Crippen molar-refractivity contribution in [2.75, 3.05) is 0 Å². The molecule has 2 aromatic heterocycles. The largest absolute Gasteiger partial charge is 0.280 e. The van der Waals surface area contributed by atoms with E-state index < -0.39 is 0 Å². The second kappa shape index (κ2) is 3.93. The smallest absolute Gasteiger partial charge is 0.164 e. The van der Waals surface area contributed by atoms with Gasteiger partial charge in [-0.25, -0.2) is 14.4 Å². The maximum Gasteiger partial charge on any atom is 0.164 e. The molecule has 0 aliphatic carbocycles. The molecule has 0 bridgehead atoms. The summed E-state index contributed by atoms with van der Waals surface area (Å²) in [6.45, 7) is 0. The third-order valence-corrected chi connectivity index (χ3v) is 2.63. The number of benzene rings is 1. The van der Waals surface area contributed by atoms with E-state index in [1.165, 1.54) is 18.6 Å². The zero-order valence-corrected chi connectivity index (χ0v) is 9.21. The molecule has 0 spiro atoms. The van der Waals surface area contributed by atoms with Gasteiger partial charge in [-0.3, -0.25) is 4.57 Å². The molecule has 0 saturated carbocycles. The molecule has 0 fully saturated rings. The Hall–Kier alpha value is -2.74. The van der Waals surface area contributed by atoms with Crippen molar-refractivity contribution < 1.29 is 4.39 Å². The molecule has 18 heavy (non-hydrogen) atoms. The van der Waals surface area contributed by atoms with Crippen LogP contribution in [0.25, 0.3) is 16.9 Å². The van der Waals surface area contributed by atoms with Gasteiger partial charge >= 0.3 is 0 Å². The monoisotopic (exact) mass is 238 g/mol. The quantitative estimate of drug-likeness (QED) is 0.654. The molecular formula is C13H7FN4. The number of nitriles is 1. The summed E-state index contributed by atoms with van der Waals surface area (Å²) < 4.78 is 15.3. The maximum absolute atomic E-state index is 13.7. The molecule has 3 aromatic rings. The van der Waals surface area contributed by atoms with Crippen molar-refractivity contribution in [1.82, 2.24) is 14.5 Å². The lowest BCUT2D eigenvalue weighted by Crippen LogP contribution is -1.97. The van der Waals surface area contributed by atoms with E-state index in [2.05, 4.69) is 9.97 Å². The van der Waals surface area contributed by atoms with Gasteiger partial charge < -0.3 is 0 Å². The topological polar surface area (TPSA) is 54.5 Å². The number of pyridine rings is 1. The van der Waals surface area contributed by atoms with Crippen LogP contribution in [-0.4, -0.2) is 14.5 Å². The van der Waals surface area contributed by atoms with Crippen molar-refractivity contribution in [1.29, 1.82) is 5.26 Å². The molecule has 0 unspecified atom stereocenters. The molecular weight excluding hydrogens is 231 g/mol. The average Bonchev–Trinajstić information content (AvgIpc) is 2.82. The highest BCUT2D eigenvalue weighted by atomic mass is 19.1. The highest BCUT2D eigenvalue weighted by Crippen LogP contribution is 2.19. The lowest BCUT2D eigenvalue weighted by molar-refractivity contribution is 0.619. The normalized spacial score (nSPS) is 10.4. The van der Waals surface area contributed by atoms with Crippen LogP contribution >= 0.6 is 0 Å². The predicted molar refractivity (Wildman–Crippen MR) is 63.5 cm³/mol. The molecule has 3 rings (SSSR count). The second-order valence-corrected chi connectivity index (χ2v) is 3.74. The van der Waals surface area contributed by atoms with Crippen molar-refractivity contribution in [3.63, 3.8) is 0 Å². The lowest BCUT2D eigenvalue weighted by atomic mass is 10.3. The lowest BCUT2D eigenvalue weighted by Gasteiger charge is -2.04.